The molecule has 0 atom stereocenters. The van der Waals surface area contributed by atoms with E-state index in [1.54, 1.807) is 6.21 Å². The molecule has 1 heterocycles. The van der Waals surface area contributed by atoms with Gasteiger partial charge in [-0.05, 0) is 25.1 Å². The lowest BCUT2D eigenvalue weighted by Gasteiger charge is -2.02. The standard InChI is InChI=1S/C17H15N3O3/c1-10-15(14-4-2-3-5-16(14)19-10)9-18-20-17(23)11-6-12(21)8-13(22)7-11/h2-9,19,21-22H,1H3,(H,20,23)/b18-9-. The first-order valence-electron chi connectivity index (χ1n) is 6.98. The van der Waals surface area contributed by atoms with Crippen molar-refractivity contribution in [1.82, 2.24) is 10.4 Å². The molecule has 0 bridgehead atoms. The zero-order chi connectivity index (χ0) is 16.4. The summed E-state index contributed by atoms with van der Waals surface area (Å²) in [4.78, 5) is 15.2. The van der Waals surface area contributed by atoms with Crippen molar-refractivity contribution in [2.45, 2.75) is 6.92 Å². The van der Waals surface area contributed by atoms with E-state index in [-0.39, 0.29) is 17.1 Å². The highest BCUT2D eigenvalue weighted by Crippen LogP contribution is 2.21. The number of hydrazone groups is 1. The number of fused-ring (bicyclic) bond motifs is 1. The summed E-state index contributed by atoms with van der Waals surface area (Å²) in [5.74, 6) is -0.900. The third-order valence-corrected chi connectivity index (χ3v) is 3.47. The van der Waals surface area contributed by atoms with Gasteiger partial charge in [0.1, 0.15) is 11.5 Å². The van der Waals surface area contributed by atoms with E-state index in [0.717, 1.165) is 28.2 Å². The molecule has 0 fully saturated rings. The molecule has 23 heavy (non-hydrogen) atoms. The van der Waals surface area contributed by atoms with Crippen LogP contribution in [0.5, 0.6) is 11.5 Å². The number of benzene rings is 2. The second kappa shape index (κ2) is 5.84. The molecule has 0 unspecified atom stereocenters. The van der Waals surface area contributed by atoms with E-state index >= 15 is 0 Å². The van der Waals surface area contributed by atoms with E-state index in [1.165, 1.54) is 12.1 Å². The molecule has 1 amide bonds. The van der Waals surface area contributed by atoms with Crippen LogP contribution in [0.4, 0.5) is 0 Å². The minimum Gasteiger partial charge on any atom is -0.508 e. The molecule has 6 nitrogen and oxygen atoms in total. The van der Waals surface area contributed by atoms with E-state index in [2.05, 4.69) is 15.5 Å². The number of phenolic OH excluding ortho intramolecular Hbond substituents is 2. The monoisotopic (exact) mass is 309 g/mol. The van der Waals surface area contributed by atoms with Crippen molar-refractivity contribution in [3.05, 3.63) is 59.3 Å². The predicted octanol–water partition coefficient (Wildman–Crippen LogP) is 2.65. The average Bonchev–Trinajstić information content (AvgIpc) is 2.82. The number of hydrogen-bond acceptors (Lipinski definition) is 4. The maximum absolute atomic E-state index is 12.0. The number of carbonyl (C=O) groups is 1. The molecule has 0 saturated heterocycles. The number of phenols is 2. The minimum absolute atomic E-state index is 0.121. The van der Waals surface area contributed by atoms with Crippen LogP contribution in [0.1, 0.15) is 21.6 Å². The molecule has 3 rings (SSSR count). The number of nitrogens with one attached hydrogen (secondary N) is 2. The van der Waals surface area contributed by atoms with Gasteiger partial charge in [-0.1, -0.05) is 18.2 Å². The highest BCUT2D eigenvalue weighted by molar-refractivity contribution is 6.01. The maximum atomic E-state index is 12.0. The van der Waals surface area contributed by atoms with E-state index < -0.39 is 5.91 Å². The number of carbonyl (C=O) groups excluding carboxylic acids is 1. The lowest BCUT2D eigenvalue weighted by Crippen LogP contribution is -2.17. The van der Waals surface area contributed by atoms with Gasteiger partial charge in [-0.25, -0.2) is 5.43 Å². The Morgan fingerprint density at radius 1 is 1.17 bits per heavy atom. The average molecular weight is 309 g/mol. The van der Waals surface area contributed by atoms with Crippen molar-refractivity contribution in [3.63, 3.8) is 0 Å². The van der Waals surface area contributed by atoms with Gasteiger partial charge in [0.05, 0.1) is 6.21 Å². The number of aromatic amines is 1. The third-order valence-electron chi connectivity index (χ3n) is 3.47. The molecule has 3 aromatic rings. The Kier molecular flexibility index (Phi) is 3.72. The molecule has 1 aromatic heterocycles. The van der Waals surface area contributed by atoms with Gasteiger partial charge in [-0.3, -0.25) is 4.79 Å². The molecule has 0 aliphatic heterocycles. The molecule has 0 saturated carbocycles. The minimum atomic E-state index is -0.523. The SMILES string of the molecule is Cc1[nH]c2ccccc2c1/C=N\NC(=O)c1cc(O)cc(O)c1. The Hall–Kier alpha value is -3.28. The van der Waals surface area contributed by atoms with Crippen LogP contribution in [0.2, 0.25) is 0 Å². The van der Waals surface area contributed by atoms with Crippen LogP contribution < -0.4 is 5.43 Å². The number of para-hydroxylation sites is 1. The molecule has 2 aromatic carbocycles. The Morgan fingerprint density at radius 2 is 1.87 bits per heavy atom. The van der Waals surface area contributed by atoms with Crippen LogP contribution in [0, 0.1) is 6.92 Å². The van der Waals surface area contributed by atoms with Gasteiger partial charge in [0.25, 0.3) is 5.91 Å². The first-order chi connectivity index (χ1) is 11.0. The molecular weight excluding hydrogens is 294 g/mol. The zero-order valence-electron chi connectivity index (χ0n) is 12.4. The van der Waals surface area contributed by atoms with Gasteiger partial charge in [-0.2, -0.15) is 5.10 Å². The van der Waals surface area contributed by atoms with Crippen LogP contribution in [-0.2, 0) is 0 Å². The van der Waals surface area contributed by atoms with Crippen LogP contribution >= 0.6 is 0 Å². The normalized spacial score (nSPS) is 11.2. The molecule has 0 aliphatic rings. The van der Waals surface area contributed by atoms with Crippen LogP contribution in [0.15, 0.2) is 47.6 Å². The summed E-state index contributed by atoms with van der Waals surface area (Å²) < 4.78 is 0. The van der Waals surface area contributed by atoms with Crippen molar-refractivity contribution in [2.75, 3.05) is 0 Å². The summed E-state index contributed by atoms with van der Waals surface area (Å²) in [6, 6.07) is 11.5. The fraction of sp³-hybridized carbons (Fsp3) is 0.0588. The Morgan fingerprint density at radius 3 is 2.61 bits per heavy atom. The first-order valence-corrected chi connectivity index (χ1v) is 6.98. The highest BCUT2D eigenvalue weighted by Gasteiger charge is 2.08. The van der Waals surface area contributed by atoms with Crippen molar-refractivity contribution in [2.24, 2.45) is 5.10 Å². The molecule has 0 aliphatic carbocycles. The Labute approximate surface area is 132 Å². The fourth-order valence-electron chi connectivity index (χ4n) is 2.41. The predicted molar refractivity (Wildman–Crippen MR) is 87.9 cm³/mol. The van der Waals surface area contributed by atoms with Gasteiger partial charge < -0.3 is 15.2 Å². The Balaban J connectivity index is 1.80. The smallest absolute Gasteiger partial charge is 0.271 e. The quantitative estimate of drug-likeness (QED) is 0.442. The third kappa shape index (κ3) is 3.01. The summed E-state index contributed by atoms with van der Waals surface area (Å²) in [6.45, 7) is 1.93. The molecule has 4 N–H and O–H groups in total. The number of aromatic hydroxyl groups is 2. The number of aryl methyl sites for hydroxylation is 1. The topological polar surface area (TPSA) is 97.7 Å². The van der Waals surface area contributed by atoms with Gasteiger partial charge in [-0.15, -0.1) is 0 Å². The molecule has 0 spiro atoms. The summed E-state index contributed by atoms with van der Waals surface area (Å²) in [5.41, 5.74) is 5.33. The second-order valence-electron chi connectivity index (χ2n) is 5.15. The number of H-pyrrole nitrogens is 1. The summed E-state index contributed by atoms with van der Waals surface area (Å²) in [5, 5.41) is 23.7. The first kappa shape index (κ1) is 14.6. The summed E-state index contributed by atoms with van der Waals surface area (Å²) in [7, 11) is 0. The number of aromatic nitrogens is 1. The van der Waals surface area contributed by atoms with Crippen LogP contribution in [-0.4, -0.2) is 27.3 Å². The summed E-state index contributed by atoms with van der Waals surface area (Å²) >= 11 is 0. The van der Waals surface area contributed by atoms with Crippen molar-refractivity contribution < 1.29 is 15.0 Å². The van der Waals surface area contributed by atoms with E-state index in [9.17, 15) is 15.0 Å². The lowest BCUT2D eigenvalue weighted by molar-refractivity contribution is 0.0954. The number of hydrogen-bond donors (Lipinski definition) is 4. The van der Waals surface area contributed by atoms with E-state index in [1.807, 2.05) is 31.2 Å². The largest absolute Gasteiger partial charge is 0.508 e. The van der Waals surface area contributed by atoms with Crippen molar-refractivity contribution in [1.29, 1.82) is 0 Å². The fourth-order valence-corrected chi connectivity index (χ4v) is 2.41. The van der Waals surface area contributed by atoms with Crippen molar-refractivity contribution in [3.8, 4) is 11.5 Å². The number of rotatable bonds is 3. The summed E-state index contributed by atoms with van der Waals surface area (Å²) in [6.07, 6.45) is 1.56. The molecule has 0 radical (unpaired) electrons. The van der Waals surface area contributed by atoms with Crippen LogP contribution in [0.25, 0.3) is 10.9 Å². The number of amides is 1. The second-order valence-corrected chi connectivity index (χ2v) is 5.15. The van der Waals surface area contributed by atoms with Gasteiger partial charge in [0.15, 0.2) is 0 Å². The van der Waals surface area contributed by atoms with Crippen LogP contribution in [0.3, 0.4) is 0 Å². The molecular formula is C17H15N3O3. The molecule has 116 valence electrons. The van der Waals surface area contributed by atoms with E-state index in [0.29, 0.717) is 0 Å². The van der Waals surface area contributed by atoms with Gasteiger partial charge >= 0.3 is 0 Å². The number of nitrogens with zero attached hydrogens (tertiary/aromatic N) is 1. The molecule has 6 heteroatoms. The lowest BCUT2D eigenvalue weighted by atomic mass is 10.1. The zero-order valence-corrected chi connectivity index (χ0v) is 12.4. The van der Waals surface area contributed by atoms with Gasteiger partial charge in [0, 0.05) is 33.8 Å². The van der Waals surface area contributed by atoms with Crippen molar-refractivity contribution >= 4 is 23.0 Å². The van der Waals surface area contributed by atoms with E-state index in [4.69, 9.17) is 0 Å². The Bertz CT molecular complexity index is 892. The van der Waals surface area contributed by atoms with Gasteiger partial charge in [0.2, 0.25) is 0 Å². The highest BCUT2D eigenvalue weighted by atomic mass is 16.3. The maximum Gasteiger partial charge on any atom is 0.271 e.